The maximum atomic E-state index is 12.6. The summed E-state index contributed by atoms with van der Waals surface area (Å²) in [5.74, 6) is 0.498. The van der Waals surface area contributed by atoms with Gasteiger partial charge in [-0.05, 0) is 62.2 Å². The number of aryl methyl sites for hydroxylation is 2. The summed E-state index contributed by atoms with van der Waals surface area (Å²) >= 11 is 0. The molecular weight excluding hydrogens is 364 g/mol. The van der Waals surface area contributed by atoms with E-state index in [1.807, 2.05) is 49.1 Å². The van der Waals surface area contributed by atoms with E-state index >= 15 is 0 Å². The maximum absolute atomic E-state index is 12.6. The number of amides is 1. The number of carbonyl (C=O) groups excluding carboxylic acids is 1. The number of hydrogen-bond donors (Lipinski definition) is 2. The molecule has 1 amide bonds. The number of rotatable bonds is 8. The molecule has 29 heavy (non-hydrogen) atoms. The van der Waals surface area contributed by atoms with Crippen molar-refractivity contribution in [3.05, 3.63) is 69.8 Å². The van der Waals surface area contributed by atoms with E-state index < -0.39 is 0 Å². The first-order valence-electron chi connectivity index (χ1n) is 10.0. The van der Waals surface area contributed by atoms with Gasteiger partial charge in [0.2, 0.25) is 5.91 Å². The Hall–Kier alpha value is -2.99. The molecule has 3 rings (SSSR count). The quantitative estimate of drug-likeness (QED) is 0.611. The van der Waals surface area contributed by atoms with E-state index in [0.29, 0.717) is 23.3 Å². The third-order valence-corrected chi connectivity index (χ3v) is 4.74. The van der Waals surface area contributed by atoms with Crippen LogP contribution in [0.25, 0.3) is 10.9 Å². The van der Waals surface area contributed by atoms with Crippen LogP contribution in [0, 0.1) is 13.8 Å². The summed E-state index contributed by atoms with van der Waals surface area (Å²) in [4.78, 5) is 34.4. The molecule has 2 aromatic carbocycles. The van der Waals surface area contributed by atoms with Crippen molar-refractivity contribution in [2.45, 2.75) is 40.2 Å². The van der Waals surface area contributed by atoms with E-state index in [-0.39, 0.29) is 18.0 Å². The molecule has 0 aliphatic rings. The molecule has 0 unspecified atom stereocenters. The van der Waals surface area contributed by atoms with Crippen LogP contribution in [0.5, 0.6) is 0 Å². The molecule has 0 saturated carbocycles. The zero-order valence-corrected chi connectivity index (χ0v) is 17.3. The molecule has 1 heterocycles. The summed E-state index contributed by atoms with van der Waals surface area (Å²) in [7, 11) is 0. The van der Waals surface area contributed by atoms with Crippen LogP contribution in [0.2, 0.25) is 0 Å². The van der Waals surface area contributed by atoms with Crippen LogP contribution in [-0.4, -0.2) is 33.9 Å². The van der Waals surface area contributed by atoms with E-state index in [1.54, 1.807) is 6.07 Å². The number of carbonyl (C=O) groups is 1. The topological polar surface area (TPSA) is 78.1 Å². The van der Waals surface area contributed by atoms with Crippen LogP contribution >= 0.6 is 0 Å². The zero-order chi connectivity index (χ0) is 20.8. The number of aromatic nitrogens is 2. The molecule has 6 nitrogen and oxygen atoms in total. The summed E-state index contributed by atoms with van der Waals surface area (Å²) in [5.41, 5.74) is 3.55. The van der Waals surface area contributed by atoms with Crippen molar-refractivity contribution >= 4 is 22.5 Å². The zero-order valence-electron chi connectivity index (χ0n) is 17.3. The minimum Gasteiger partial charge on any atom is -0.325 e. The van der Waals surface area contributed by atoms with E-state index in [2.05, 4.69) is 28.3 Å². The van der Waals surface area contributed by atoms with Crippen LogP contribution in [0.1, 0.15) is 36.7 Å². The van der Waals surface area contributed by atoms with E-state index in [1.165, 1.54) is 0 Å². The smallest absolute Gasteiger partial charge is 0.258 e. The van der Waals surface area contributed by atoms with Gasteiger partial charge >= 0.3 is 0 Å². The van der Waals surface area contributed by atoms with Gasteiger partial charge < -0.3 is 10.3 Å². The van der Waals surface area contributed by atoms with Crippen molar-refractivity contribution in [3.8, 4) is 0 Å². The Morgan fingerprint density at radius 1 is 1.14 bits per heavy atom. The highest BCUT2D eigenvalue weighted by Crippen LogP contribution is 2.14. The predicted molar refractivity (Wildman–Crippen MR) is 117 cm³/mol. The second kappa shape index (κ2) is 9.47. The molecule has 0 aliphatic heterocycles. The predicted octanol–water partition coefficient (Wildman–Crippen LogP) is 3.78. The van der Waals surface area contributed by atoms with Crippen molar-refractivity contribution in [3.63, 3.8) is 0 Å². The first-order chi connectivity index (χ1) is 13.9. The fourth-order valence-electron chi connectivity index (χ4n) is 3.47. The number of H-pyrrole nitrogens is 1. The fourth-order valence-corrected chi connectivity index (χ4v) is 3.47. The van der Waals surface area contributed by atoms with Crippen LogP contribution in [0.4, 0.5) is 5.69 Å². The SMILES string of the molecule is CCCCN(CC(=O)Nc1cc(C)cc(C)c1)Cc1nc2ccccc2c(=O)[nH]1. The highest BCUT2D eigenvalue weighted by atomic mass is 16.2. The summed E-state index contributed by atoms with van der Waals surface area (Å²) in [6.07, 6.45) is 1.99. The van der Waals surface area contributed by atoms with Gasteiger partial charge in [0.1, 0.15) is 5.82 Å². The second-order valence-electron chi connectivity index (χ2n) is 7.52. The highest BCUT2D eigenvalue weighted by molar-refractivity contribution is 5.92. The monoisotopic (exact) mass is 392 g/mol. The minimum atomic E-state index is -0.152. The molecule has 3 aromatic rings. The van der Waals surface area contributed by atoms with E-state index in [9.17, 15) is 9.59 Å². The summed E-state index contributed by atoms with van der Waals surface area (Å²) in [5, 5.41) is 3.56. The molecule has 152 valence electrons. The first kappa shape index (κ1) is 20.7. The Bertz CT molecular complexity index is 1040. The molecule has 0 atom stereocenters. The number of hydrogen-bond acceptors (Lipinski definition) is 4. The normalized spacial score (nSPS) is 11.2. The van der Waals surface area contributed by atoms with Crippen molar-refractivity contribution in [1.29, 1.82) is 0 Å². The van der Waals surface area contributed by atoms with Crippen molar-refractivity contribution in [2.24, 2.45) is 0 Å². The number of unbranched alkanes of at least 4 members (excludes halogenated alkanes) is 1. The Kier molecular flexibility index (Phi) is 6.77. The number of benzene rings is 2. The molecule has 1 aromatic heterocycles. The summed E-state index contributed by atoms with van der Waals surface area (Å²) in [6.45, 7) is 7.55. The Labute approximate surface area is 171 Å². The molecule has 0 bridgehead atoms. The third-order valence-electron chi connectivity index (χ3n) is 4.74. The number of anilines is 1. The van der Waals surface area contributed by atoms with Crippen LogP contribution in [-0.2, 0) is 11.3 Å². The van der Waals surface area contributed by atoms with Gasteiger partial charge in [-0.3, -0.25) is 14.5 Å². The molecule has 0 spiro atoms. The Balaban J connectivity index is 1.73. The van der Waals surface area contributed by atoms with Gasteiger partial charge in [0.05, 0.1) is 24.0 Å². The molecule has 6 heteroatoms. The molecule has 0 fully saturated rings. The third kappa shape index (κ3) is 5.74. The Morgan fingerprint density at radius 2 is 1.86 bits per heavy atom. The Morgan fingerprint density at radius 3 is 2.59 bits per heavy atom. The van der Waals surface area contributed by atoms with Gasteiger partial charge in [0.15, 0.2) is 0 Å². The van der Waals surface area contributed by atoms with Crippen molar-refractivity contribution < 1.29 is 4.79 Å². The van der Waals surface area contributed by atoms with Gasteiger partial charge in [0, 0.05) is 5.69 Å². The number of nitrogens with zero attached hydrogens (tertiary/aromatic N) is 2. The number of para-hydroxylation sites is 1. The maximum Gasteiger partial charge on any atom is 0.258 e. The average molecular weight is 393 g/mol. The highest BCUT2D eigenvalue weighted by Gasteiger charge is 2.14. The molecule has 2 N–H and O–H groups in total. The van der Waals surface area contributed by atoms with Gasteiger partial charge in [-0.2, -0.15) is 0 Å². The average Bonchev–Trinajstić information content (AvgIpc) is 2.65. The second-order valence-corrected chi connectivity index (χ2v) is 7.52. The van der Waals surface area contributed by atoms with Crippen molar-refractivity contribution in [1.82, 2.24) is 14.9 Å². The standard InChI is InChI=1S/C23H28N4O2/c1-4-5-10-27(15-22(28)24-18-12-16(2)11-17(3)13-18)14-21-25-20-9-7-6-8-19(20)23(29)26-21/h6-9,11-13H,4-5,10,14-15H2,1-3H3,(H,24,28)(H,25,26,29). The number of nitrogens with one attached hydrogen (secondary N) is 2. The lowest BCUT2D eigenvalue weighted by Crippen LogP contribution is -2.34. The first-order valence-corrected chi connectivity index (χ1v) is 10.0. The van der Waals surface area contributed by atoms with E-state index in [0.717, 1.165) is 36.2 Å². The van der Waals surface area contributed by atoms with Crippen LogP contribution in [0.15, 0.2) is 47.3 Å². The molecule has 0 radical (unpaired) electrons. The van der Waals surface area contributed by atoms with Crippen LogP contribution in [0.3, 0.4) is 0 Å². The van der Waals surface area contributed by atoms with Gasteiger partial charge in [-0.1, -0.05) is 31.5 Å². The molecular formula is C23H28N4O2. The summed E-state index contributed by atoms with van der Waals surface area (Å²) < 4.78 is 0. The van der Waals surface area contributed by atoms with Gasteiger partial charge in [-0.15, -0.1) is 0 Å². The lowest BCUT2D eigenvalue weighted by atomic mass is 10.1. The number of fused-ring (bicyclic) bond motifs is 1. The molecule has 0 saturated heterocycles. The van der Waals surface area contributed by atoms with E-state index in [4.69, 9.17) is 0 Å². The van der Waals surface area contributed by atoms with Crippen molar-refractivity contribution in [2.75, 3.05) is 18.4 Å². The fraction of sp³-hybridized carbons (Fsp3) is 0.348. The lowest BCUT2D eigenvalue weighted by Gasteiger charge is -2.21. The van der Waals surface area contributed by atoms with Gasteiger partial charge in [0.25, 0.3) is 5.56 Å². The molecule has 0 aliphatic carbocycles. The lowest BCUT2D eigenvalue weighted by molar-refractivity contribution is -0.117. The van der Waals surface area contributed by atoms with Crippen LogP contribution < -0.4 is 10.9 Å². The van der Waals surface area contributed by atoms with Gasteiger partial charge in [-0.25, -0.2) is 4.98 Å². The number of aromatic amines is 1. The summed E-state index contributed by atoms with van der Waals surface area (Å²) in [6, 6.07) is 13.3. The minimum absolute atomic E-state index is 0.0748. The largest absolute Gasteiger partial charge is 0.325 e.